The maximum absolute atomic E-state index is 11.8. The maximum atomic E-state index is 11.8. The van der Waals surface area contributed by atoms with Gasteiger partial charge < -0.3 is 10.6 Å². The van der Waals surface area contributed by atoms with Gasteiger partial charge in [0.25, 0.3) is 0 Å². The second-order valence-corrected chi connectivity index (χ2v) is 5.55. The van der Waals surface area contributed by atoms with Crippen LogP contribution in [0, 0.1) is 18.3 Å². The summed E-state index contributed by atoms with van der Waals surface area (Å²) < 4.78 is 0. The first-order valence-electron chi connectivity index (χ1n) is 6.23. The molecular weight excluding hydrogens is 232 g/mol. The van der Waals surface area contributed by atoms with Crippen LogP contribution in [-0.2, 0) is 4.79 Å². The van der Waals surface area contributed by atoms with Crippen molar-refractivity contribution >= 4 is 17.7 Å². The summed E-state index contributed by atoms with van der Waals surface area (Å²) in [6.45, 7) is 6.20. The van der Waals surface area contributed by atoms with Gasteiger partial charge in [-0.2, -0.15) is 11.8 Å². The van der Waals surface area contributed by atoms with Gasteiger partial charge >= 0.3 is 0 Å². The molecule has 0 atom stereocenters. The Kier molecular flexibility index (Phi) is 5.87. The Morgan fingerprint density at radius 1 is 1.53 bits per heavy atom. The molecular formula is C13H22N2OS. The van der Waals surface area contributed by atoms with E-state index >= 15 is 0 Å². The van der Waals surface area contributed by atoms with E-state index in [4.69, 9.17) is 6.42 Å². The van der Waals surface area contributed by atoms with Crippen LogP contribution in [0.4, 0.5) is 0 Å². The molecule has 0 bridgehead atoms. The molecule has 0 aliphatic carbocycles. The molecule has 3 nitrogen and oxygen atoms in total. The molecule has 17 heavy (non-hydrogen) atoms. The van der Waals surface area contributed by atoms with Crippen molar-refractivity contribution in [3.63, 3.8) is 0 Å². The molecule has 4 heteroatoms. The number of amides is 1. The van der Waals surface area contributed by atoms with E-state index in [1.807, 2.05) is 13.8 Å². The van der Waals surface area contributed by atoms with Gasteiger partial charge in [-0.05, 0) is 37.6 Å². The van der Waals surface area contributed by atoms with E-state index in [9.17, 15) is 4.79 Å². The Morgan fingerprint density at radius 2 is 2.18 bits per heavy atom. The summed E-state index contributed by atoms with van der Waals surface area (Å²) in [6.07, 6.45) is 7.07. The van der Waals surface area contributed by atoms with Crippen LogP contribution < -0.4 is 10.6 Å². The van der Waals surface area contributed by atoms with Gasteiger partial charge in [0.05, 0.1) is 5.75 Å². The lowest BCUT2D eigenvalue weighted by Crippen LogP contribution is -2.47. The van der Waals surface area contributed by atoms with Crippen LogP contribution in [-0.4, -0.2) is 36.0 Å². The van der Waals surface area contributed by atoms with E-state index in [1.54, 1.807) is 11.8 Å². The smallest absolute Gasteiger partial charge is 0.231 e. The van der Waals surface area contributed by atoms with Crippen LogP contribution in [0.15, 0.2) is 0 Å². The van der Waals surface area contributed by atoms with Crippen molar-refractivity contribution in [3.8, 4) is 12.3 Å². The lowest BCUT2D eigenvalue weighted by Gasteiger charge is -2.28. The molecule has 0 aromatic carbocycles. The number of hydrogen-bond acceptors (Lipinski definition) is 3. The summed E-state index contributed by atoms with van der Waals surface area (Å²) in [6, 6.07) is 0. The SMILES string of the molecule is C#CC(CC)(CC)NC(=O)CSCC1CNC1. The highest BCUT2D eigenvalue weighted by molar-refractivity contribution is 7.99. The van der Waals surface area contributed by atoms with E-state index in [0.29, 0.717) is 5.75 Å². The minimum Gasteiger partial charge on any atom is -0.339 e. The predicted molar refractivity (Wildman–Crippen MR) is 74.0 cm³/mol. The zero-order chi connectivity index (χ0) is 12.7. The van der Waals surface area contributed by atoms with Crippen LogP contribution in [0.5, 0.6) is 0 Å². The quantitative estimate of drug-likeness (QED) is 0.672. The molecule has 1 aliphatic rings. The first kappa shape index (κ1) is 14.4. The third-order valence-electron chi connectivity index (χ3n) is 3.31. The fourth-order valence-electron chi connectivity index (χ4n) is 1.75. The molecule has 1 heterocycles. The second-order valence-electron chi connectivity index (χ2n) is 4.52. The number of terminal acetylenes is 1. The van der Waals surface area contributed by atoms with Crippen molar-refractivity contribution < 1.29 is 4.79 Å². The molecule has 1 fully saturated rings. The fourth-order valence-corrected chi connectivity index (χ4v) is 2.70. The molecule has 1 aliphatic heterocycles. The van der Waals surface area contributed by atoms with Gasteiger partial charge in [0, 0.05) is 0 Å². The largest absolute Gasteiger partial charge is 0.339 e. The third kappa shape index (κ3) is 4.25. The monoisotopic (exact) mass is 254 g/mol. The Labute approximate surface area is 108 Å². The number of carbonyl (C=O) groups is 1. The normalized spacial score (nSPS) is 16.1. The molecule has 0 aromatic rings. The second kappa shape index (κ2) is 6.93. The molecule has 1 rings (SSSR count). The van der Waals surface area contributed by atoms with E-state index in [1.165, 1.54) is 0 Å². The molecule has 0 aromatic heterocycles. The zero-order valence-corrected chi connectivity index (χ0v) is 11.5. The van der Waals surface area contributed by atoms with Gasteiger partial charge in [-0.1, -0.05) is 19.8 Å². The number of carbonyl (C=O) groups excluding carboxylic acids is 1. The lowest BCUT2D eigenvalue weighted by atomic mass is 9.94. The zero-order valence-electron chi connectivity index (χ0n) is 10.7. The third-order valence-corrected chi connectivity index (χ3v) is 4.49. The van der Waals surface area contributed by atoms with Gasteiger partial charge in [-0.25, -0.2) is 0 Å². The molecule has 0 radical (unpaired) electrons. The summed E-state index contributed by atoms with van der Waals surface area (Å²) in [5.41, 5.74) is -0.449. The summed E-state index contributed by atoms with van der Waals surface area (Å²) in [4.78, 5) is 11.8. The molecule has 1 saturated heterocycles. The molecule has 96 valence electrons. The minimum atomic E-state index is -0.449. The number of thioether (sulfide) groups is 1. The van der Waals surface area contributed by atoms with E-state index in [2.05, 4.69) is 16.6 Å². The highest BCUT2D eigenvalue weighted by Crippen LogP contribution is 2.15. The van der Waals surface area contributed by atoms with Gasteiger partial charge in [0.15, 0.2) is 0 Å². The lowest BCUT2D eigenvalue weighted by molar-refractivity contribution is -0.119. The van der Waals surface area contributed by atoms with Crippen LogP contribution in [0.2, 0.25) is 0 Å². The van der Waals surface area contributed by atoms with Crippen LogP contribution >= 0.6 is 11.8 Å². The minimum absolute atomic E-state index is 0.0592. The maximum Gasteiger partial charge on any atom is 0.231 e. The fraction of sp³-hybridized carbons (Fsp3) is 0.769. The molecule has 0 saturated carbocycles. The standard InChI is InChI=1S/C13H22N2OS/c1-4-13(5-2,6-3)15-12(16)10-17-9-11-7-14-8-11/h1,11,14H,5-10H2,2-3H3,(H,15,16). The Balaban J connectivity index is 2.24. The summed E-state index contributed by atoms with van der Waals surface area (Å²) in [5, 5.41) is 6.20. The molecule has 2 N–H and O–H groups in total. The number of rotatable bonds is 7. The summed E-state index contributed by atoms with van der Waals surface area (Å²) in [7, 11) is 0. The Morgan fingerprint density at radius 3 is 2.59 bits per heavy atom. The average Bonchev–Trinajstić information content (AvgIpc) is 2.29. The van der Waals surface area contributed by atoms with Gasteiger partial charge in [-0.15, -0.1) is 6.42 Å². The van der Waals surface area contributed by atoms with Gasteiger partial charge in [0.2, 0.25) is 5.91 Å². The molecule has 0 spiro atoms. The first-order valence-corrected chi connectivity index (χ1v) is 7.38. The van der Waals surface area contributed by atoms with Crippen molar-refractivity contribution in [2.45, 2.75) is 32.2 Å². The van der Waals surface area contributed by atoms with Crippen LogP contribution in [0.3, 0.4) is 0 Å². The van der Waals surface area contributed by atoms with Crippen molar-refractivity contribution in [3.05, 3.63) is 0 Å². The molecule has 0 unspecified atom stereocenters. The van der Waals surface area contributed by atoms with Crippen LogP contribution in [0.1, 0.15) is 26.7 Å². The summed E-state index contributed by atoms with van der Waals surface area (Å²) >= 11 is 1.70. The van der Waals surface area contributed by atoms with Crippen molar-refractivity contribution in [2.75, 3.05) is 24.6 Å². The van der Waals surface area contributed by atoms with Crippen molar-refractivity contribution in [1.29, 1.82) is 0 Å². The van der Waals surface area contributed by atoms with Gasteiger partial charge in [0.1, 0.15) is 5.54 Å². The predicted octanol–water partition coefficient (Wildman–Crippen LogP) is 1.25. The topological polar surface area (TPSA) is 41.1 Å². The van der Waals surface area contributed by atoms with Gasteiger partial charge in [-0.3, -0.25) is 4.79 Å². The van der Waals surface area contributed by atoms with E-state index < -0.39 is 5.54 Å². The number of hydrogen-bond donors (Lipinski definition) is 2. The molecule has 1 amide bonds. The Hall–Kier alpha value is -0.660. The Bertz CT molecular complexity index is 290. The summed E-state index contributed by atoms with van der Waals surface area (Å²) in [5.74, 6) is 5.08. The van der Waals surface area contributed by atoms with Crippen molar-refractivity contribution in [2.24, 2.45) is 5.92 Å². The van der Waals surface area contributed by atoms with E-state index in [0.717, 1.165) is 37.6 Å². The number of nitrogens with one attached hydrogen (secondary N) is 2. The van der Waals surface area contributed by atoms with Crippen LogP contribution in [0.25, 0.3) is 0 Å². The average molecular weight is 254 g/mol. The first-order chi connectivity index (χ1) is 8.15. The highest BCUT2D eigenvalue weighted by Gasteiger charge is 2.25. The van der Waals surface area contributed by atoms with Crippen molar-refractivity contribution in [1.82, 2.24) is 10.6 Å². The highest BCUT2D eigenvalue weighted by atomic mass is 32.2. The van der Waals surface area contributed by atoms with E-state index in [-0.39, 0.29) is 5.91 Å².